The fourth-order valence-corrected chi connectivity index (χ4v) is 4.51. The second-order valence-electron chi connectivity index (χ2n) is 7.64. The number of hydrogen-bond acceptors (Lipinski definition) is 5. The summed E-state index contributed by atoms with van der Waals surface area (Å²) in [5.41, 5.74) is 2.73. The van der Waals surface area contributed by atoms with Gasteiger partial charge in [0.2, 0.25) is 0 Å². The molecule has 1 aliphatic rings. The van der Waals surface area contributed by atoms with E-state index in [0.717, 1.165) is 38.7 Å². The number of rotatable bonds is 8. The highest BCUT2D eigenvalue weighted by molar-refractivity contribution is 8.18. The third-order valence-corrected chi connectivity index (χ3v) is 6.26. The number of allylic oxidation sites excluding steroid dienone is 1. The number of amides is 2. The van der Waals surface area contributed by atoms with Gasteiger partial charge < -0.3 is 9.47 Å². The van der Waals surface area contributed by atoms with E-state index in [-0.39, 0.29) is 11.1 Å². The molecule has 0 N–H and O–H groups in total. The molecule has 3 aromatic rings. The zero-order valence-electron chi connectivity index (χ0n) is 18.7. The van der Waals surface area contributed by atoms with Crippen LogP contribution in [0.3, 0.4) is 0 Å². The Balaban J connectivity index is 1.66. The minimum atomic E-state index is -0.301. The molecule has 0 aliphatic carbocycles. The third-order valence-electron chi connectivity index (χ3n) is 5.30. The largest absolute Gasteiger partial charge is 0.490 e. The van der Waals surface area contributed by atoms with Crippen LogP contribution in [0.15, 0.2) is 72.2 Å². The minimum absolute atomic E-state index is 0.280. The molecule has 3 aromatic carbocycles. The maximum Gasteiger partial charge on any atom is 0.293 e. The average Bonchev–Trinajstić information content (AvgIpc) is 3.05. The normalized spacial score (nSPS) is 14.8. The Labute approximate surface area is 197 Å². The van der Waals surface area contributed by atoms with Gasteiger partial charge in [-0.25, -0.2) is 0 Å². The lowest BCUT2D eigenvalue weighted by atomic mass is 10.0. The lowest BCUT2D eigenvalue weighted by Crippen LogP contribution is -2.22. The molecule has 0 radical (unpaired) electrons. The Morgan fingerprint density at radius 1 is 1.03 bits per heavy atom. The molecule has 1 heterocycles. The Morgan fingerprint density at radius 2 is 1.82 bits per heavy atom. The number of carbonyl (C=O) groups excluding carboxylic acids is 2. The second kappa shape index (κ2) is 9.96. The first-order valence-corrected chi connectivity index (χ1v) is 11.5. The minimum Gasteiger partial charge on any atom is -0.490 e. The molecule has 0 aromatic heterocycles. The molecule has 168 valence electrons. The number of benzene rings is 3. The average molecular weight is 460 g/mol. The van der Waals surface area contributed by atoms with E-state index in [1.807, 2.05) is 31.2 Å². The molecular weight excluding hydrogens is 434 g/mol. The van der Waals surface area contributed by atoms with E-state index < -0.39 is 0 Å². The first kappa shape index (κ1) is 22.7. The molecule has 1 saturated heterocycles. The molecule has 0 saturated carbocycles. The Hall–Kier alpha value is -3.51. The molecule has 33 heavy (non-hydrogen) atoms. The number of thioether (sulfide) groups is 1. The fraction of sp³-hybridized carbons (Fsp3) is 0.185. The highest BCUT2D eigenvalue weighted by atomic mass is 32.2. The van der Waals surface area contributed by atoms with E-state index >= 15 is 0 Å². The number of carbonyl (C=O) groups is 2. The van der Waals surface area contributed by atoms with E-state index in [1.54, 1.807) is 12.2 Å². The zero-order chi connectivity index (χ0) is 23.4. The lowest BCUT2D eigenvalue weighted by Gasteiger charge is -2.17. The zero-order valence-corrected chi connectivity index (χ0v) is 19.5. The van der Waals surface area contributed by atoms with Gasteiger partial charge in [0.1, 0.15) is 6.61 Å². The van der Waals surface area contributed by atoms with Crippen LogP contribution < -0.4 is 9.47 Å². The standard InChI is InChI=1S/C27H25NO4S/c1-4-8-22-14-19(16-24-26(29)28(3)27(30)33-24)15-23(31-5-2)25(22)32-17-18-11-12-20-9-6-7-10-21(20)13-18/h4,6-7,9-16H,1,5,8,17H2,2-3H3/b24-16-. The van der Waals surface area contributed by atoms with Gasteiger partial charge in [-0.3, -0.25) is 14.5 Å². The van der Waals surface area contributed by atoms with E-state index in [0.29, 0.717) is 36.0 Å². The summed E-state index contributed by atoms with van der Waals surface area (Å²) < 4.78 is 12.2. The molecule has 4 rings (SSSR count). The number of ether oxygens (including phenoxy) is 2. The van der Waals surface area contributed by atoms with E-state index in [1.165, 1.54) is 12.4 Å². The molecule has 5 nitrogen and oxygen atoms in total. The van der Waals surface area contributed by atoms with Crippen LogP contribution in [0.2, 0.25) is 0 Å². The van der Waals surface area contributed by atoms with E-state index in [4.69, 9.17) is 9.47 Å². The van der Waals surface area contributed by atoms with Crippen LogP contribution >= 0.6 is 11.8 Å². The highest BCUT2D eigenvalue weighted by Gasteiger charge is 2.31. The van der Waals surface area contributed by atoms with Gasteiger partial charge in [-0.1, -0.05) is 42.5 Å². The fourth-order valence-electron chi connectivity index (χ4n) is 3.68. The summed E-state index contributed by atoms with van der Waals surface area (Å²) in [7, 11) is 1.48. The van der Waals surface area contributed by atoms with Crippen molar-refractivity contribution in [1.29, 1.82) is 0 Å². The smallest absolute Gasteiger partial charge is 0.293 e. The van der Waals surface area contributed by atoms with Crippen LogP contribution in [0.25, 0.3) is 16.8 Å². The van der Waals surface area contributed by atoms with Crippen molar-refractivity contribution in [2.24, 2.45) is 0 Å². The molecular formula is C27H25NO4S. The maximum atomic E-state index is 12.3. The Morgan fingerprint density at radius 3 is 2.52 bits per heavy atom. The van der Waals surface area contributed by atoms with Crippen molar-refractivity contribution in [3.05, 3.63) is 88.8 Å². The van der Waals surface area contributed by atoms with Gasteiger partial charge in [-0.05, 0) is 71.3 Å². The molecule has 2 amide bonds. The number of fused-ring (bicyclic) bond motifs is 1. The van der Waals surface area contributed by atoms with Gasteiger partial charge in [-0.2, -0.15) is 0 Å². The number of nitrogens with zero attached hydrogens (tertiary/aromatic N) is 1. The first-order valence-electron chi connectivity index (χ1n) is 10.7. The molecule has 0 spiro atoms. The summed E-state index contributed by atoms with van der Waals surface area (Å²) >= 11 is 0.934. The number of hydrogen-bond donors (Lipinski definition) is 0. The highest BCUT2D eigenvalue weighted by Crippen LogP contribution is 2.37. The van der Waals surface area contributed by atoms with Crippen LogP contribution in [-0.4, -0.2) is 29.7 Å². The lowest BCUT2D eigenvalue weighted by molar-refractivity contribution is -0.121. The molecule has 6 heteroatoms. The summed E-state index contributed by atoms with van der Waals surface area (Å²) in [5, 5.41) is 2.07. The quantitative estimate of drug-likeness (QED) is 0.296. The van der Waals surface area contributed by atoms with Crippen molar-refractivity contribution in [3.63, 3.8) is 0 Å². The van der Waals surface area contributed by atoms with E-state index in [9.17, 15) is 9.59 Å². The van der Waals surface area contributed by atoms with Crippen molar-refractivity contribution in [2.45, 2.75) is 20.0 Å². The van der Waals surface area contributed by atoms with Crippen molar-refractivity contribution in [1.82, 2.24) is 4.90 Å². The summed E-state index contributed by atoms with van der Waals surface area (Å²) in [6, 6.07) is 18.3. The Kier molecular flexibility index (Phi) is 6.84. The van der Waals surface area contributed by atoms with Crippen LogP contribution in [0.1, 0.15) is 23.6 Å². The van der Waals surface area contributed by atoms with Gasteiger partial charge in [0.25, 0.3) is 11.1 Å². The SMILES string of the molecule is C=CCc1cc(/C=C2\SC(=O)N(C)C2=O)cc(OCC)c1OCc1ccc2ccccc2c1. The number of imide groups is 1. The number of likely N-dealkylation sites (N-methyl/N-ethyl adjacent to an activating group) is 1. The van der Waals surface area contributed by atoms with Gasteiger partial charge in [0, 0.05) is 12.6 Å². The summed E-state index contributed by atoms with van der Waals surface area (Å²) in [4.78, 5) is 25.7. The van der Waals surface area contributed by atoms with Crippen molar-refractivity contribution in [3.8, 4) is 11.5 Å². The maximum absolute atomic E-state index is 12.3. The van der Waals surface area contributed by atoms with Crippen molar-refractivity contribution >= 4 is 39.8 Å². The van der Waals surface area contributed by atoms with Gasteiger partial charge >= 0.3 is 0 Å². The van der Waals surface area contributed by atoms with Crippen LogP contribution in [0, 0.1) is 0 Å². The predicted octanol–water partition coefficient (Wildman–Crippen LogP) is 6.21. The molecule has 0 bridgehead atoms. The summed E-state index contributed by atoms with van der Waals surface area (Å²) in [5.74, 6) is 0.954. The summed E-state index contributed by atoms with van der Waals surface area (Å²) in [6.07, 6.45) is 4.10. The van der Waals surface area contributed by atoms with Crippen LogP contribution in [0.4, 0.5) is 4.79 Å². The monoisotopic (exact) mass is 459 g/mol. The van der Waals surface area contributed by atoms with Crippen LogP contribution in [0.5, 0.6) is 11.5 Å². The summed E-state index contributed by atoms with van der Waals surface area (Å²) in [6.45, 7) is 6.64. The topological polar surface area (TPSA) is 55.8 Å². The van der Waals surface area contributed by atoms with Gasteiger partial charge in [0.05, 0.1) is 11.5 Å². The Bertz CT molecular complexity index is 1260. The van der Waals surface area contributed by atoms with Crippen LogP contribution in [-0.2, 0) is 17.8 Å². The first-order chi connectivity index (χ1) is 16.0. The molecule has 0 unspecified atom stereocenters. The predicted molar refractivity (Wildman–Crippen MR) is 134 cm³/mol. The molecule has 0 atom stereocenters. The molecule has 1 fully saturated rings. The third kappa shape index (κ3) is 4.96. The van der Waals surface area contributed by atoms with Gasteiger partial charge in [-0.15, -0.1) is 6.58 Å². The second-order valence-corrected chi connectivity index (χ2v) is 8.64. The molecule has 1 aliphatic heterocycles. The van der Waals surface area contributed by atoms with Crippen molar-refractivity contribution in [2.75, 3.05) is 13.7 Å². The van der Waals surface area contributed by atoms with E-state index in [2.05, 4.69) is 36.9 Å². The van der Waals surface area contributed by atoms with Crippen molar-refractivity contribution < 1.29 is 19.1 Å². The van der Waals surface area contributed by atoms with Gasteiger partial charge in [0.15, 0.2) is 11.5 Å².